The van der Waals surface area contributed by atoms with Gasteiger partial charge in [-0.2, -0.15) is 14.4 Å². The van der Waals surface area contributed by atoms with Gasteiger partial charge in [0.05, 0.1) is 19.5 Å². The second-order valence-electron chi connectivity index (χ2n) is 3.54. The second kappa shape index (κ2) is 5.21. The fourth-order valence-electron chi connectivity index (χ4n) is 1.37. The first-order chi connectivity index (χ1) is 8.65. The Morgan fingerprint density at radius 2 is 2.11 bits per heavy atom. The molecule has 0 amide bonds. The summed E-state index contributed by atoms with van der Waals surface area (Å²) in [6.45, 7) is -0.693. The Labute approximate surface area is 101 Å². The maximum absolute atomic E-state index is 13.4. The van der Waals surface area contributed by atoms with Gasteiger partial charge >= 0.3 is 0 Å². The molecule has 0 saturated carbocycles. The third-order valence-electron chi connectivity index (χ3n) is 2.30. The van der Waals surface area contributed by atoms with Crippen molar-refractivity contribution in [2.75, 3.05) is 18.9 Å². The Hall–Kier alpha value is -1.84. The minimum Gasteiger partial charge on any atom is -0.394 e. The number of fused-ring (bicyclic) bond motifs is 1. The molecule has 2 aromatic rings. The average Bonchev–Trinajstić information content (AvgIpc) is 2.74. The number of aliphatic hydroxyl groups is 2. The Morgan fingerprint density at radius 1 is 1.39 bits per heavy atom. The number of imidazole rings is 1. The number of nitrogens with zero attached hydrogens (tertiary/aromatic N) is 4. The van der Waals surface area contributed by atoms with Crippen molar-refractivity contribution < 1.29 is 19.3 Å². The fraction of sp³-hybridized carbons (Fsp3) is 0.444. The van der Waals surface area contributed by atoms with Crippen molar-refractivity contribution in [1.29, 1.82) is 0 Å². The highest BCUT2D eigenvalue weighted by Crippen LogP contribution is 2.14. The summed E-state index contributed by atoms with van der Waals surface area (Å²) in [5, 5.41) is 17.7. The van der Waals surface area contributed by atoms with Crippen LogP contribution in [0.15, 0.2) is 6.33 Å². The summed E-state index contributed by atoms with van der Waals surface area (Å²) in [6, 6.07) is 0. The standard InChI is InChI=1S/C9H12FN5O3/c10-7-6-8(14-9(11)13-7)15(3-12-6)4-18-5(1-16)2-17/h3,5,16-17H,1-2,4H2,(H2,11,13,14). The summed E-state index contributed by atoms with van der Waals surface area (Å²) in [7, 11) is 0. The molecular formula is C9H12FN5O3. The lowest BCUT2D eigenvalue weighted by Crippen LogP contribution is -2.23. The number of halogens is 1. The van der Waals surface area contributed by atoms with Gasteiger partial charge in [0.25, 0.3) is 0 Å². The van der Waals surface area contributed by atoms with Gasteiger partial charge in [-0.1, -0.05) is 0 Å². The molecule has 18 heavy (non-hydrogen) atoms. The zero-order valence-electron chi connectivity index (χ0n) is 9.32. The van der Waals surface area contributed by atoms with E-state index < -0.39 is 12.1 Å². The molecule has 9 heteroatoms. The van der Waals surface area contributed by atoms with Crippen molar-refractivity contribution in [1.82, 2.24) is 19.5 Å². The number of aliphatic hydroxyl groups excluding tert-OH is 2. The molecule has 0 atom stereocenters. The quantitative estimate of drug-likeness (QED) is 0.580. The van der Waals surface area contributed by atoms with Crippen LogP contribution in [0.1, 0.15) is 0 Å². The first kappa shape index (κ1) is 12.6. The van der Waals surface area contributed by atoms with E-state index in [2.05, 4.69) is 15.0 Å². The summed E-state index contributed by atoms with van der Waals surface area (Å²) in [4.78, 5) is 11.0. The highest BCUT2D eigenvalue weighted by molar-refractivity contribution is 5.71. The molecule has 0 spiro atoms. The highest BCUT2D eigenvalue weighted by atomic mass is 19.1. The van der Waals surface area contributed by atoms with E-state index in [-0.39, 0.29) is 37.1 Å². The highest BCUT2D eigenvalue weighted by Gasteiger charge is 2.13. The molecule has 0 aliphatic heterocycles. The average molecular weight is 257 g/mol. The van der Waals surface area contributed by atoms with Crippen LogP contribution in [0.4, 0.5) is 10.3 Å². The van der Waals surface area contributed by atoms with E-state index in [0.717, 1.165) is 0 Å². The molecule has 0 radical (unpaired) electrons. The molecule has 98 valence electrons. The van der Waals surface area contributed by atoms with Crippen LogP contribution in [0.25, 0.3) is 11.2 Å². The van der Waals surface area contributed by atoms with Crippen molar-refractivity contribution in [3.63, 3.8) is 0 Å². The van der Waals surface area contributed by atoms with Crippen LogP contribution < -0.4 is 5.73 Å². The minimum atomic E-state index is -0.808. The lowest BCUT2D eigenvalue weighted by Gasteiger charge is -2.12. The number of anilines is 1. The van der Waals surface area contributed by atoms with Gasteiger partial charge in [0, 0.05) is 0 Å². The largest absolute Gasteiger partial charge is 0.394 e. The summed E-state index contributed by atoms with van der Waals surface area (Å²) >= 11 is 0. The zero-order valence-corrected chi connectivity index (χ0v) is 9.32. The minimum absolute atomic E-state index is 0.0163. The number of rotatable bonds is 5. The lowest BCUT2D eigenvalue weighted by atomic mass is 10.4. The van der Waals surface area contributed by atoms with Gasteiger partial charge in [-0.15, -0.1) is 0 Å². The van der Waals surface area contributed by atoms with Crippen molar-refractivity contribution in [2.45, 2.75) is 12.8 Å². The summed E-state index contributed by atoms with van der Waals surface area (Å²) < 4.78 is 19.9. The van der Waals surface area contributed by atoms with Crippen LogP contribution in [-0.4, -0.2) is 49.0 Å². The van der Waals surface area contributed by atoms with Gasteiger partial charge in [-0.05, 0) is 0 Å². The van der Waals surface area contributed by atoms with Gasteiger partial charge in [-0.25, -0.2) is 4.98 Å². The molecule has 0 bridgehead atoms. The normalized spacial score (nSPS) is 11.6. The topological polar surface area (TPSA) is 119 Å². The molecule has 0 fully saturated rings. The first-order valence-corrected chi connectivity index (χ1v) is 5.13. The third-order valence-corrected chi connectivity index (χ3v) is 2.30. The summed E-state index contributed by atoms with van der Waals surface area (Å²) in [5.74, 6) is -1.01. The maximum atomic E-state index is 13.4. The van der Waals surface area contributed by atoms with Crippen LogP contribution in [-0.2, 0) is 11.5 Å². The number of hydrogen-bond donors (Lipinski definition) is 3. The summed E-state index contributed by atoms with van der Waals surface area (Å²) in [6.07, 6.45) is 0.597. The van der Waals surface area contributed by atoms with E-state index in [0.29, 0.717) is 0 Å². The van der Waals surface area contributed by atoms with E-state index in [4.69, 9.17) is 20.7 Å². The molecule has 0 saturated heterocycles. The van der Waals surface area contributed by atoms with E-state index in [1.54, 1.807) is 0 Å². The van der Waals surface area contributed by atoms with E-state index in [1.165, 1.54) is 10.9 Å². The monoisotopic (exact) mass is 257 g/mol. The van der Waals surface area contributed by atoms with Gasteiger partial charge in [-0.3, -0.25) is 4.57 Å². The molecule has 0 unspecified atom stereocenters. The predicted molar refractivity (Wildman–Crippen MR) is 58.7 cm³/mol. The smallest absolute Gasteiger partial charge is 0.245 e. The fourth-order valence-corrected chi connectivity index (χ4v) is 1.37. The van der Waals surface area contributed by atoms with Crippen molar-refractivity contribution in [2.24, 2.45) is 0 Å². The third kappa shape index (κ3) is 2.37. The second-order valence-corrected chi connectivity index (χ2v) is 3.54. The van der Waals surface area contributed by atoms with Gasteiger partial charge in [0.1, 0.15) is 12.8 Å². The molecule has 0 aromatic carbocycles. The number of nitrogen functional groups attached to an aromatic ring is 1. The molecule has 2 heterocycles. The van der Waals surface area contributed by atoms with Crippen LogP contribution in [0, 0.1) is 5.95 Å². The predicted octanol–water partition coefficient (Wildman–Crippen LogP) is -1.13. The van der Waals surface area contributed by atoms with Crippen molar-refractivity contribution >= 4 is 17.1 Å². The van der Waals surface area contributed by atoms with E-state index in [9.17, 15) is 4.39 Å². The SMILES string of the molecule is Nc1nc(F)c2ncn(COC(CO)CO)c2n1. The maximum Gasteiger partial charge on any atom is 0.245 e. The first-order valence-electron chi connectivity index (χ1n) is 5.13. The molecule has 4 N–H and O–H groups in total. The van der Waals surface area contributed by atoms with E-state index in [1.807, 2.05) is 0 Å². The van der Waals surface area contributed by atoms with E-state index >= 15 is 0 Å². The number of nitrogens with two attached hydrogens (primary N) is 1. The zero-order chi connectivity index (χ0) is 13.1. The number of ether oxygens (including phenoxy) is 1. The van der Waals surface area contributed by atoms with Crippen LogP contribution in [0.5, 0.6) is 0 Å². The van der Waals surface area contributed by atoms with Crippen LogP contribution in [0.2, 0.25) is 0 Å². The summed E-state index contributed by atoms with van der Waals surface area (Å²) in [5.41, 5.74) is 5.51. The Balaban J connectivity index is 2.24. The molecular weight excluding hydrogens is 245 g/mol. The Morgan fingerprint density at radius 3 is 2.78 bits per heavy atom. The lowest BCUT2D eigenvalue weighted by molar-refractivity contribution is -0.0488. The van der Waals surface area contributed by atoms with Gasteiger partial charge in [0.2, 0.25) is 11.9 Å². The van der Waals surface area contributed by atoms with Gasteiger partial charge in [0.15, 0.2) is 11.2 Å². The van der Waals surface area contributed by atoms with Crippen LogP contribution in [0.3, 0.4) is 0 Å². The van der Waals surface area contributed by atoms with Crippen LogP contribution >= 0.6 is 0 Å². The number of hydrogen-bond acceptors (Lipinski definition) is 7. The Kier molecular flexibility index (Phi) is 3.65. The Bertz CT molecular complexity index is 542. The van der Waals surface area contributed by atoms with Crippen molar-refractivity contribution in [3.8, 4) is 0 Å². The van der Waals surface area contributed by atoms with Gasteiger partial charge < -0.3 is 20.7 Å². The molecule has 2 rings (SSSR count). The molecule has 0 aliphatic rings. The number of aromatic nitrogens is 4. The molecule has 2 aromatic heterocycles. The van der Waals surface area contributed by atoms with Crippen molar-refractivity contribution in [3.05, 3.63) is 12.3 Å². The molecule has 0 aliphatic carbocycles. The molecule has 8 nitrogen and oxygen atoms in total.